The van der Waals surface area contributed by atoms with E-state index in [1.165, 1.54) is 50.9 Å². The summed E-state index contributed by atoms with van der Waals surface area (Å²) in [5.74, 6) is 1.87. The third kappa shape index (κ3) is 2.54. The van der Waals surface area contributed by atoms with Gasteiger partial charge in [0.15, 0.2) is 0 Å². The first-order chi connectivity index (χ1) is 9.28. The Balaban J connectivity index is 1.75. The lowest BCUT2D eigenvalue weighted by atomic mass is 9.75. The second-order valence-corrected chi connectivity index (χ2v) is 6.20. The molecule has 2 atom stereocenters. The summed E-state index contributed by atoms with van der Waals surface area (Å²) in [4.78, 5) is 13.4. The molecule has 1 aromatic carbocycles. The highest BCUT2D eigenvalue weighted by molar-refractivity contribution is 5.78. The van der Waals surface area contributed by atoms with Crippen LogP contribution in [0.4, 0.5) is 5.69 Å². The number of aryl methyl sites for hydroxylation is 1. The minimum Gasteiger partial charge on any atom is -0.371 e. The molecule has 2 fully saturated rings. The molecular weight excluding hydrogens is 234 g/mol. The van der Waals surface area contributed by atoms with Crippen LogP contribution in [-0.4, -0.2) is 19.4 Å². The molecule has 1 saturated heterocycles. The molecule has 3 rings (SSSR count). The fourth-order valence-corrected chi connectivity index (χ4v) is 3.82. The topological polar surface area (TPSA) is 20.3 Å². The fraction of sp³-hybridized carbons (Fsp3) is 0.588. The van der Waals surface area contributed by atoms with E-state index in [0.717, 1.165) is 29.2 Å². The van der Waals surface area contributed by atoms with E-state index in [-0.39, 0.29) is 0 Å². The van der Waals surface area contributed by atoms with Gasteiger partial charge < -0.3 is 4.90 Å². The maximum absolute atomic E-state index is 10.9. The largest absolute Gasteiger partial charge is 0.371 e. The average molecular weight is 257 g/mol. The summed E-state index contributed by atoms with van der Waals surface area (Å²) < 4.78 is 0. The van der Waals surface area contributed by atoms with Gasteiger partial charge in [0.05, 0.1) is 0 Å². The number of aldehydes is 1. The van der Waals surface area contributed by atoms with Crippen LogP contribution in [0.5, 0.6) is 0 Å². The number of carbonyl (C=O) groups is 1. The van der Waals surface area contributed by atoms with Crippen LogP contribution in [0, 0.1) is 18.8 Å². The van der Waals surface area contributed by atoms with Gasteiger partial charge in [-0.05, 0) is 55.4 Å². The van der Waals surface area contributed by atoms with E-state index in [1.54, 1.807) is 0 Å². The standard InChI is InChI=1S/C17H23NO/c1-13-10-17(7-6-16(13)12-19)18-9-8-14-4-2-3-5-15(14)11-18/h6-7,10,12,14-15H,2-5,8-9,11H2,1H3. The molecule has 2 heteroatoms. The molecule has 1 heterocycles. The third-order valence-corrected chi connectivity index (χ3v) is 5.04. The second kappa shape index (κ2) is 5.36. The van der Waals surface area contributed by atoms with Crippen LogP contribution >= 0.6 is 0 Å². The summed E-state index contributed by atoms with van der Waals surface area (Å²) in [5, 5.41) is 0. The van der Waals surface area contributed by atoms with Gasteiger partial charge in [-0.25, -0.2) is 0 Å². The molecule has 19 heavy (non-hydrogen) atoms. The molecule has 1 aliphatic carbocycles. The molecule has 1 aromatic rings. The number of hydrogen-bond donors (Lipinski definition) is 0. The molecule has 1 saturated carbocycles. The number of hydrogen-bond acceptors (Lipinski definition) is 2. The number of fused-ring (bicyclic) bond motifs is 1. The Hall–Kier alpha value is -1.31. The lowest BCUT2D eigenvalue weighted by Gasteiger charge is -2.42. The minimum atomic E-state index is 0.816. The fourth-order valence-electron chi connectivity index (χ4n) is 3.82. The molecule has 0 spiro atoms. The summed E-state index contributed by atoms with van der Waals surface area (Å²) >= 11 is 0. The van der Waals surface area contributed by atoms with E-state index >= 15 is 0 Å². The first kappa shape index (κ1) is 12.7. The quantitative estimate of drug-likeness (QED) is 0.751. The molecule has 0 aromatic heterocycles. The van der Waals surface area contributed by atoms with Gasteiger partial charge in [0.1, 0.15) is 6.29 Å². The second-order valence-electron chi connectivity index (χ2n) is 6.20. The molecule has 102 valence electrons. The van der Waals surface area contributed by atoms with E-state index in [9.17, 15) is 4.79 Å². The van der Waals surface area contributed by atoms with Gasteiger partial charge in [-0.15, -0.1) is 0 Å². The molecule has 2 nitrogen and oxygen atoms in total. The number of benzene rings is 1. The van der Waals surface area contributed by atoms with Crippen LogP contribution in [0.15, 0.2) is 18.2 Å². The molecule has 0 bridgehead atoms. The first-order valence-corrected chi connectivity index (χ1v) is 7.58. The number of carbonyl (C=O) groups excluding carboxylic acids is 1. The van der Waals surface area contributed by atoms with Gasteiger partial charge in [0.25, 0.3) is 0 Å². The summed E-state index contributed by atoms with van der Waals surface area (Å²) in [6.07, 6.45) is 8.01. The van der Waals surface area contributed by atoms with E-state index < -0.39 is 0 Å². The van der Waals surface area contributed by atoms with Crippen LogP contribution in [0.3, 0.4) is 0 Å². The van der Waals surface area contributed by atoms with Gasteiger partial charge in [0.2, 0.25) is 0 Å². The number of rotatable bonds is 2. The zero-order chi connectivity index (χ0) is 13.2. The normalized spacial score (nSPS) is 26.9. The summed E-state index contributed by atoms with van der Waals surface area (Å²) in [7, 11) is 0. The van der Waals surface area contributed by atoms with Crippen LogP contribution in [0.2, 0.25) is 0 Å². The molecule has 1 aliphatic heterocycles. The summed E-state index contributed by atoms with van der Waals surface area (Å²) in [6.45, 7) is 4.42. The van der Waals surface area contributed by atoms with Crippen molar-refractivity contribution in [1.82, 2.24) is 0 Å². The minimum absolute atomic E-state index is 0.816. The van der Waals surface area contributed by atoms with E-state index in [1.807, 2.05) is 13.0 Å². The highest BCUT2D eigenvalue weighted by Gasteiger charge is 2.31. The highest BCUT2D eigenvalue weighted by Crippen LogP contribution is 2.37. The highest BCUT2D eigenvalue weighted by atomic mass is 16.1. The van der Waals surface area contributed by atoms with Crippen molar-refractivity contribution in [1.29, 1.82) is 0 Å². The lowest BCUT2D eigenvalue weighted by molar-refractivity contribution is 0.112. The van der Waals surface area contributed by atoms with Crippen molar-refractivity contribution in [2.45, 2.75) is 39.0 Å². The maximum atomic E-state index is 10.9. The molecule has 2 aliphatic rings. The molecule has 0 amide bonds. The Bertz CT molecular complexity index is 468. The van der Waals surface area contributed by atoms with Crippen molar-refractivity contribution < 1.29 is 4.79 Å². The van der Waals surface area contributed by atoms with Gasteiger partial charge in [-0.2, -0.15) is 0 Å². The Morgan fingerprint density at radius 1 is 1.16 bits per heavy atom. The van der Waals surface area contributed by atoms with Gasteiger partial charge in [-0.1, -0.05) is 19.3 Å². The van der Waals surface area contributed by atoms with Crippen molar-refractivity contribution >= 4 is 12.0 Å². The molecule has 0 radical (unpaired) electrons. The SMILES string of the molecule is Cc1cc(N2CCC3CCCCC3C2)ccc1C=O. The number of piperidine rings is 1. The lowest BCUT2D eigenvalue weighted by Crippen LogP contribution is -2.41. The summed E-state index contributed by atoms with van der Waals surface area (Å²) in [5.41, 5.74) is 3.21. The monoisotopic (exact) mass is 257 g/mol. The Labute approximate surface area is 115 Å². The predicted octanol–water partition coefficient (Wildman–Crippen LogP) is 3.82. The van der Waals surface area contributed by atoms with Crippen LogP contribution in [-0.2, 0) is 0 Å². The average Bonchev–Trinajstić information content (AvgIpc) is 2.46. The predicted molar refractivity (Wildman–Crippen MR) is 78.8 cm³/mol. The zero-order valence-corrected chi connectivity index (χ0v) is 11.8. The number of anilines is 1. The Morgan fingerprint density at radius 3 is 2.68 bits per heavy atom. The first-order valence-electron chi connectivity index (χ1n) is 7.58. The third-order valence-electron chi connectivity index (χ3n) is 5.04. The maximum Gasteiger partial charge on any atom is 0.150 e. The van der Waals surface area contributed by atoms with E-state index in [4.69, 9.17) is 0 Å². The molecule has 2 unspecified atom stereocenters. The Kier molecular flexibility index (Phi) is 3.58. The van der Waals surface area contributed by atoms with Crippen LogP contribution in [0.1, 0.15) is 48.0 Å². The van der Waals surface area contributed by atoms with Crippen molar-refractivity contribution in [3.8, 4) is 0 Å². The van der Waals surface area contributed by atoms with E-state index in [2.05, 4.69) is 17.0 Å². The number of nitrogens with zero attached hydrogens (tertiary/aromatic N) is 1. The summed E-state index contributed by atoms with van der Waals surface area (Å²) in [6, 6.07) is 6.25. The van der Waals surface area contributed by atoms with Gasteiger partial charge >= 0.3 is 0 Å². The van der Waals surface area contributed by atoms with Crippen molar-refractivity contribution in [3.05, 3.63) is 29.3 Å². The molecule has 0 N–H and O–H groups in total. The zero-order valence-electron chi connectivity index (χ0n) is 11.8. The van der Waals surface area contributed by atoms with Crippen molar-refractivity contribution in [2.75, 3.05) is 18.0 Å². The molecular formula is C17H23NO. The Morgan fingerprint density at radius 2 is 1.95 bits per heavy atom. The van der Waals surface area contributed by atoms with Crippen molar-refractivity contribution in [2.24, 2.45) is 11.8 Å². The van der Waals surface area contributed by atoms with Gasteiger partial charge in [0, 0.05) is 24.3 Å². The van der Waals surface area contributed by atoms with E-state index in [0.29, 0.717) is 0 Å². The van der Waals surface area contributed by atoms with Gasteiger partial charge in [-0.3, -0.25) is 4.79 Å². The van der Waals surface area contributed by atoms with Crippen LogP contribution < -0.4 is 4.90 Å². The smallest absolute Gasteiger partial charge is 0.150 e. The van der Waals surface area contributed by atoms with Crippen molar-refractivity contribution in [3.63, 3.8) is 0 Å². The van der Waals surface area contributed by atoms with Crippen LogP contribution in [0.25, 0.3) is 0 Å².